The number of nitrogens with two attached hydrogens (primary N) is 1. The third kappa shape index (κ3) is 2.92. The minimum Gasteiger partial charge on any atom is -0.411 e. The molecule has 0 radical (unpaired) electrons. The monoisotopic (exact) mass is 188 g/mol. The van der Waals surface area contributed by atoms with Gasteiger partial charge in [0.15, 0.2) is 0 Å². The van der Waals surface area contributed by atoms with E-state index in [1.165, 1.54) is 6.21 Å². The molecule has 0 saturated carbocycles. The number of hydrogen-bond acceptors (Lipinski definition) is 3. The summed E-state index contributed by atoms with van der Waals surface area (Å²) in [5.74, 6) is 5.90. The van der Waals surface area contributed by atoms with E-state index in [-0.39, 0.29) is 0 Å². The molecule has 0 saturated heterocycles. The summed E-state index contributed by atoms with van der Waals surface area (Å²) in [6.07, 6.45) is 2.04. The fraction of sp³-hybridized carbons (Fsp3) is 0.182. The van der Waals surface area contributed by atoms with Crippen LogP contribution in [0.15, 0.2) is 29.4 Å². The van der Waals surface area contributed by atoms with Crippen LogP contribution < -0.4 is 5.73 Å². The molecule has 0 aliphatic heterocycles. The second-order valence-corrected chi connectivity index (χ2v) is 2.67. The predicted octanol–water partition coefficient (Wildman–Crippen LogP) is 1.20. The van der Waals surface area contributed by atoms with Crippen molar-refractivity contribution in [3.63, 3.8) is 0 Å². The maximum absolute atomic E-state index is 8.42. The number of nitrogens with zero attached hydrogens (tertiary/aromatic N) is 1. The van der Waals surface area contributed by atoms with Gasteiger partial charge in [0.05, 0.1) is 6.21 Å². The first kappa shape index (κ1) is 10.3. The number of oxime groups is 1. The number of rotatable bonds is 2. The molecule has 0 unspecified atom stereocenters. The summed E-state index contributed by atoms with van der Waals surface area (Å²) in [7, 11) is 0. The summed E-state index contributed by atoms with van der Waals surface area (Å²) in [5.41, 5.74) is 6.97. The lowest BCUT2D eigenvalue weighted by Crippen LogP contribution is -1.95. The molecule has 0 aromatic heterocycles. The van der Waals surface area contributed by atoms with Crippen molar-refractivity contribution >= 4 is 6.21 Å². The van der Waals surface area contributed by atoms with Gasteiger partial charge in [-0.05, 0) is 6.07 Å². The lowest BCUT2D eigenvalue weighted by atomic mass is 10.1. The van der Waals surface area contributed by atoms with Crippen molar-refractivity contribution in [2.24, 2.45) is 10.9 Å². The highest BCUT2D eigenvalue weighted by Gasteiger charge is 1.93. The van der Waals surface area contributed by atoms with Crippen LogP contribution in [0.5, 0.6) is 0 Å². The highest BCUT2D eigenvalue weighted by molar-refractivity contribution is 5.82. The Morgan fingerprint density at radius 1 is 1.43 bits per heavy atom. The maximum Gasteiger partial charge on any atom is 0.0746 e. The van der Waals surface area contributed by atoms with E-state index >= 15 is 0 Å². The van der Waals surface area contributed by atoms with Crippen molar-refractivity contribution in [2.45, 2.75) is 6.42 Å². The number of benzene rings is 1. The Kier molecular flexibility index (Phi) is 4.25. The molecule has 14 heavy (non-hydrogen) atoms. The van der Waals surface area contributed by atoms with Crippen LogP contribution in [0.3, 0.4) is 0 Å². The van der Waals surface area contributed by atoms with Gasteiger partial charge in [-0.2, -0.15) is 0 Å². The highest BCUT2D eigenvalue weighted by Crippen LogP contribution is 2.04. The molecule has 0 atom stereocenters. The van der Waals surface area contributed by atoms with Crippen molar-refractivity contribution in [1.82, 2.24) is 0 Å². The largest absolute Gasteiger partial charge is 0.411 e. The van der Waals surface area contributed by atoms with E-state index in [2.05, 4.69) is 17.0 Å². The van der Waals surface area contributed by atoms with Gasteiger partial charge in [0.1, 0.15) is 0 Å². The summed E-state index contributed by atoms with van der Waals surface area (Å²) in [5, 5.41) is 11.4. The zero-order chi connectivity index (χ0) is 10.2. The highest BCUT2D eigenvalue weighted by atomic mass is 16.4. The molecule has 0 aliphatic rings. The smallest absolute Gasteiger partial charge is 0.0746 e. The molecule has 1 rings (SSSR count). The van der Waals surface area contributed by atoms with Gasteiger partial charge in [-0.1, -0.05) is 35.2 Å². The van der Waals surface area contributed by atoms with E-state index in [9.17, 15) is 0 Å². The molecule has 0 bridgehead atoms. The predicted molar refractivity (Wildman–Crippen MR) is 56.4 cm³/mol. The van der Waals surface area contributed by atoms with Crippen LogP contribution >= 0.6 is 0 Å². The average Bonchev–Trinajstić information content (AvgIpc) is 2.21. The van der Waals surface area contributed by atoms with Gasteiger partial charge in [-0.3, -0.25) is 0 Å². The Balaban J connectivity index is 2.91. The second kappa shape index (κ2) is 5.79. The molecule has 0 aliphatic carbocycles. The minimum absolute atomic E-state index is 0.559. The van der Waals surface area contributed by atoms with Crippen LogP contribution in [0.2, 0.25) is 0 Å². The van der Waals surface area contributed by atoms with Gasteiger partial charge >= 0.3 is 0 Å². The lowest BCUT2D eigenvalue weighted by Gasteiger charge is -1.95. The second-order valence-electron chi connectivity index (χ2n) is 2.67. The molecule has 3 N–H and O–H groups in total. The molecule has 1 aromatic carbocycles. The molecule has 1 aromatic rings. The Morgan fingerprint density at radius 3 is 2.93 bits per heavy atom. The van der Waals surface area contributed by atoms with Gasteiger partial charge in [-0.15, -0.1) is 0 Å². The van der Waals surface area contributed by atoms with Crippen LogP contribution in [0, 0.1) is 11.8 Å². The lowest BCUT2D eigenvalue weighted by molar-refractivity contribution is 0.322. The molecule has 3 heteroatoms. The minimum atomic E-state index is 0.559. The SMILES string of the molecule is NCCC#Cc1ccccc1C=NO. The summed E-state index contributed by atoms with van der Waals surface area (Å²) >= 11 is 0. The molecular weight excluding hydrogens is 176 g/mol. The molecule has 72 valence electrons. The van der Waals surface area contributed by atoms with Gasteiger partial charge in [0, 0.05) is 24.1 Å². The van der Waals surface area contributed by atoms with Crippen LogP contribution in [0.25, 0.3) is 0 Å². The zero-order valence-corrected chi connectivity index (χ0v) is 7.77. The Hall–Kier alpha value is -1.79. The van der Waals surface area contributed by atoms with E-state index in [0.717, 1.165) is 11.1 Å². The van der Waals surface area contributed by atoms with E-state index < -0.39 is 0 Å². The van der Waals surface area contributed by atoms with Crippen molar-refractivity contribution in [3.8, 4) is 11.8 Å². The molecule has 0 heterocycles. The summed E-state index contributed by atoms with van der Waals surface area (Å²) in [6.45, 7) is 0.559. The first-order chi connectivity index (χ1) is 6.88. The van der Waals surface area contributed by atoms with Crippen LogP contribution in [-0.2, 0) is 0 Å². The van der Waals surface area contributed by atoms with Gasteiger partial charge < -0.3 is 10.9 Å². The van der Waals surface area contributed by atoms with Gasteiger partial charge in [0.25, 0.3) is 0 Å². The summed E-state index contributed by atoms with van der Waals surface area (Å²) in [6, 6.07) is 7.47. The Morgan fingerprint density at radius 2 is 2.21 bits per heavy atom. The zero-order valence-electron chi connectivity index (χ0n) is 7.77. The van der Waals surface area contributed by atoms with Crippen molar-refractivity contribution < 1.29 is 5.21 Å². The first-order valence-electron chi connectivity index (χ1n) is 4.34. The van der Waals surface area contributed by atoms with Crippen LogP contribution in [0.1, 0.15) is 17.5 Å². The standard InChI is InChI=1S/C11H12N2O/c12-8-4-3-6-10-5-1-2-7-11(10)9-13-14/h1-2,5,7,9,14H,4,8,12H2. The van der Waals surface area contributed by atoms with E-state index in [4.69, 9.17) is 10.9 Å². The van der Waals surface area contributed by atoms with Crippen molar-refractivity contribution in [2.75, 3.05) is 6.54 Å². The van der Waals surface area contributed by atoms with Crippen LogP contribution in [0.4, 0.5) is 0 Å². The fourth-order valence-electron chi connectivity index (χ4n) is 1.02. The molecule has 0 amide bonds. The third-order valence-corrected chi connectivity index (χ3v) is 1.65. The molecular formula is C11H12N2O. The number of hydrogen-bond donors (Lipinski definition) is 2. The normalized spacial score (nSPS) is 9.79. The molecule has 0 spiro atoms. The summed E-state index contributed by atoms with van der Waals surface area (Å²) in [4.78, 5) is 0. The quantitative estimate of drug-likeness (QED) is 0.317. The van der Waals surface area contributed by atoms with Crippen molar-refractivity contribution in [1.29, 1.82) is 0 Å². The molecule has 0 fully saturated rings. The van der Waals surface area contributed by atoms with Gasteiger partial charge in [0.2, 0.25) is 0 Å². The third-order valence-electron chi connectivity index (χ3n) is 1.65. The topological polar surface area (TPSA) is 58.6 Å². The Labute approximate surface area is 83.2 Å². The first-order valence-corrected chi connectivity index (χ1v) is 4.34. The fourth-order valence-corrected chi connectivity index (χ4v) is 1.02. The van der Waals surface area contributed by atoms with Gasteiger partial charge in [-0.25, -0.2) is 0 Å². The average molecular weight is 188 g/mol. The van der Waals surface area contributed by atoms with E-state index in [1.807, 2.05) is 24.3 Å². The van der Waals surface area contributed by atoms with E-state index in [1.54, 1.807) is 0 Å². The van der Waals surface area contributed by atoms with Crippen molar-refractivity contribution in [3.05, 3.63) is 35.4 Å². The van der Waals surface area contributed by atoms with E-state index in [0.29, 0.717) is 13.0 Å². The Bertz CT molecular complexity index is 374. The summed E-state index contributed by atoms with van der Waals surface area (Å²) < 4.78 is 0. The molecule has 3 nitrogen and oxygen atoms in total. The maximum atomic E-state index is 8.42. The van der Waals surface area contributed by atoms with Crippen LogP contribution in [-0.4, -0.2) is 18.0 Å².